The normalized spacial score (nSPS) is 19.3. The number of aromatic nitrogens is 1. The van der Waals surface area contributed by atoms with Crippen LogP contribution in [0.15, 0.2) is 27.4 Å². The third-order valence-electron chi connectivity index (χ3n) is 3.87. The van der Waals surface area contributed by atoms with Crippen molar-refractivity contribution in [1.82, 2.24) is 4.57 Å². The van der Waals surface area contributed by atoms with Gasteiger partial charge in [-0.15, -0.1) is 0 Å². The Morgan fingerprint density at radius 1 is 1.47 bits per heavy atom. The first-order valence-electron chi connectivity index (χ1n) is 6.45. The summed E-state index contributed by atoms with van der Waals surface area (Å²) in [6.45, 7) is 3.36. The van der Waals surface area contributed by atoms with Gasteiger partial charge in [-0.1, -0.05) is 6.07 Å². The van der Waals surface area contributed by atoms with Gasteiger partial charge in [-0.3, -0.25) is 4.57 Å². The second-order valence-corrected chi connectivity index (χ2v) is 5.56. The summed E-state index contributed by atoms with van der Waals surface area (Å²) in [6.07, 6.45) is 0.871. The predicted molar refractivity (Wildman–Crippen MR) is 72.2 cm³/mol. The van der Waals surface area contributed by atoms with E-state index in [1.165, 1.54) is 4.57 Å². The van der Waals surface area contributed by atoms with Crippen molar-refractivity contribution in [1.29, 1.82) is 0 Å². The van der Waals surface area contributed by atoms with Crippen molar-refractivity contribution in [3.8, 4) is 0 Å². The first kappa shape index (κ1) is 12.4. The van der Waals surface area contributed by atoms with E-state index in [0.717, 1.165) is 17.5 Å². The molecule has 2 aromatic rings. The van der Waals surface area contributed by atoms with Gasteiger partial charge in [-0.05, 0) is 31.0 Å². The highest BCUT2D eigenvalue weighted by molar-refractivity contribution is 5.74. The second-order valence-electron chi connectivity index (χ2n) is 5.56. The number of fused-ring (bicyclic) bond motifs is 1. The van der Waals surface area contributed by atoms with E-state index in [1.54, 1.807) is 7.05 Å². The van der Waals surface area contributed by atoms with E-state index in [0.29, 0.717) is 18.8 Å². The van der Waals surface area contributed by atoms with Crippen LogP contribution in [-0.4, -0.2) is 23.8 Å². The second kappa shape index (κ2) is 4.21. The van der Waals surface area contributed by atoms with Crippen LogP contribution in [-0.2, 0) is 17.2 Å². The summed E-state index contributed by atoms with van der Waals surface area (Å²) >= 11 is 0. The molecule has 19 heavy (non-hydrogen) atoms. The molecule has 3 rings (SSSR count). The lowest BCUT2D eigenvalue weighted by atomic mass is 9.74. The fraction of sp³-hybridized carbons (Fsp3) is 0.500. The van der Waals surface area contributed by atoms with Crippen LogP contribution in [0.25, 0.3) is 11.1 Å². The Kier molecular flexibility index (Phi) is 2.76. The highest BCUT2D eigenvalue weighted by Gasteiger charge is 2.41. The average Bonchev–Trinajstić information content (AvgIpc) is 2.59. The van der Waals surface area contributed by atoms with Crippen molar-refractivity contribution in [2.75, 3.05) is 13.2 Å². The van der Waals surface area contributed by atoms with Crippen molar-refractivity contribution >= 4 is 11.1 Å². The number of ether oxygens (including phenoxy) is 1. The molecule has 0 aliphatic carbocycles. The smallest absolute Gasteiger partial charge is 0.408 e. The molecule has 0 radical (unpaired) electrons. The molecule has 5 nitrogen and oxygen atoms in total. The molecule has 1 unspecified atom stereocenters. The first-order valence-corrected chi connectivity index (χ1v) is 6.45. The summed E-state index contributed by atoms with van der Waals surface area (Å²) in [4.78, 5) is 11.5. The van der Waals surface area contributed by atoms with E-state index in [1.807, 2.05) is 25.1 Å². The predicted octanol–water partition coefficient (Wildman–Crippen LogP) is 1.14. The van der Waals surface area contributed by atoms with Crippen LogP contribution in [0.2, 0.25) is 0 Å². The maximum Gasteiger partial charge on any atom is 0.419 e. The van der Waals surface area contributed by atoms with Crippen molar-refractivity contribution in [2.45, 2.75) is 24.8 Å². The van der Waals surface area contributed by atoms with E-state index in [2.05, 4.69) is 0 Å². The van der Waals surface area contributed by atoms with E-state index >= 15 is 0 Å². The van der Waals surface area contributed by atoms with Crippen LogP contribution >= 0.6 is 0 Å². The Hall–Kier alpha value is -1.59. The van der Waals surface area contributed by atoms with Crippen molar-refractivity contribution in [3.05, 3.63) is 34.3 Å². The SMILES string of the molecule is CC(N)CC1(c2ccc3c(c2)oc(=O)n3C)COC1. The molecule has 0 spiro atoms. The molecule has 5 heteroatoms. The monoisotopic (exact) mass is 262 g/mol. The Labute approximate surface area is 111 Å². The summed E-state index contributed by atoms with van der Waals surface area (Å²) in [6, 6.07) is 6.03. The van der Waals surface area contributed by atoms with Crippen LogP contribution in [0, 0.1) is 0 Å². The van der Waals surface area contributed by atoms with E-state index in [4.69, 9.17) is 14.9 Å². The highest BCUT2D eigenvalue weighted by atomic mass is 16.5. The van der Waals surface area contributed by atoms with Crippen molar-refractivity contribution in [2.24, 2.45) is 12.8 Å². The molecule has 1 aromatic heterocycles. The molecular weight excluding hydrogens is 244 g/mol. The molecule has 1 aromatic carbocycles. The van der Waals surface area contributed by atoms with Gasteiger partial charge in [-0.25, -0.2) is 4.79 Å². The van der Waals surface area contributed by atoms with Crippen LogP contribution < -0.4 is 11.5 Å². The van der Waals surface area contributed by atoms with Crippen molar-refractivity contribution in [3.63, 3.8) is 0 Å². The molecule has 0 amide bonds. The number of aryl methyl sites for hydroxylation is 1. The van der Waals surface area contributed by atoms with Crippen LogP contribution in [0.1, 0.15) is 18.9 Å². The topological polar surface area (TPSA) is 70.4 Å². The number of nitrogens with zero attached hydrogens (tertiary/aromatic N) is 1. The summed E-state index contributed by atoms with van der Waals surface area (Å²) in [5, 5.41) is 0. The Bertz CT molecular complexity index is 665. The highest BCUT2D eigenvalue weighted by Crippen LogP contribution is 2.37. The molecule has 1 fully saturated rings. The van der Waals surface area contributed by atoms with Gasteiger partial charge >= 0.3 is 5.76 Å². The number of nitrogens with two attached hydrogens (primary N) is 1. The minimum Gasteiger partial charge on any atom is -0.408 e. The van der Waals surface area contributed by atoms with Gasteiger partial charge in [0.15, 0.2) is 5.58 Å². The molecule has 2 heterocycles. The van der Waals surface area contributed by atoms with Gasteiger partial charge < -0.3 is 14.9 Å². The lowest BCUT2D eigenvalue weighted by Crippen LogP contribution is -2.49. The largest absolute Gasteiger partial charge is 0.419 e. The molecule has 1 saturated heterocycles. The lowest BCUT2D eigenvalue weighted by Gasteiger charge is -2.43. The van der Waals surface area contributed by atoms with Crippen LogP contribution in [0.4, 0.5) is 0 Å². The Morgan fingerprint density at radius 3 is 2.79 bits per heavy atom. The van der Waals surface area contributed by atoms with Crippen LogP contribution in [0.3, 0.4) is 0 Å². The zero-order valence-corrected chi connectivity index (χ0v) is 11.2. The zero-order chi connectivity index (χ0) is 13.6. The third kappa shape index (κ3) is 1.89. The minimum absolute atomic E-state index is 0.0310. The van der Waals surface area contributed by atoms with Gasteiger partial charge in [0.25, 0.3) is 0 Å². The molecule has 0 bridgehead atoms. The van der Waals surface area contributed by atoms with Gasteiger partial charge in [0.2, 0.25) is 0 Å². The van der Waals surface area contributed by atoms with E-state index in [-0.39, 0.29) is 17.2 Å². The van der Waals surface area contributed by atoms with Gasteiger partial charge in [-0.2, -0.15) is 0 Å². The molecular formula is C14H18N2O3. The number of oxazole rings is 1. The molecule has 1 aliphatic heterocycles. The fourth-order valence-corrected chi connectivity index (χ4v) is 2.83. The van der Waals surface area contributed by atoms with E-state index < -0.39 is 0 Å². The average molecular weight is 262 g/mol. The third-order valence-corrected chi connectivity index (χ3v) is 3.87. The van der Waals surface area contributed by atoms with Crippen molar-refractivity contribution < 1.29 is 9.15 Å². The first-order chi connectivity index (χ1) is 9.02. The Morgan fingerprint density at radius 2 is 2.21 bits per heavy atom. The molecule has 1 atom stereocenters. The fourth-order valence-electron chi connectivity index (χ4n) is 2.83. The van der Waals surface area contributed by atoms with Crippen LogP contribution in [0.5, 0.6) is 0 Å². The number of rotatable bonds is 3. The molecule has 102 valence electrons. The summed E-state index contributed by atoms with van der Waals surface area (Å²) in [5.41, 5.74) is 8.48. The van der Waals surface area contributed by atoms with Gasteiger partial charge in [0, 0.05) is 18.5 Å². The summed E-state index contributed by atoms with van der Waals surface area (Å²) < 4.78 is 12.1. The molecule has 2 N–H and O–H groups in total. The summed E-state index contributed by atoms with van der Waals surface area (Å²) in [7, 11) is 1.71. The zero-order valence-electron chi connectivity index (χ0n) is 11.2. The number of benzene rings is 1. The molecule has 1 aliphatic rings. The van der Waals surface area contributed by atoms with Gasteiger partial charge in [0.1, 0.15) is 0 Å². The van der Waals surface area contributed by atoms with E-state index in [9.17, 15) is 4.79 Å². The number of hydrogen-bond donors (Lipinski definition) is 1. The lowest BCUT2D eigenvalue weighted by molar-refractivity contribution is -0.0665. The summed E-state index contributed by atoms with van der Waals surface area (Å²) in [5.74, 6) is -0.335. The van der Waals surface area contributed by atoms with Gasteiger partial charge in [0.05, 0.1) is 18.7 Å². The minimum atomic E-state index is -0.335. The number of hydrogen-bond acceptors (Lipinski definition) is 4. The maximum absolute atomic E-state index is 11.5. The molecule has 0 saturated carbocycles. The standard InChI is InChI=1S/C14H18N2O3/c1-9(15)6-14(7-18-8-14)10-3-4-11-12(5-10)19-13(17)16(11)2/h3-5,9H,6-8,15H2,1-2H3. The quantitative estimate of drug-likeness (QED) is 0.900. The maximum atomic E-state index is 11.5. The Balaban J connectivity index is 2.07.